The molecular weight excluding hydrogens is 526 g/mol. The van der Waals surface area contributed by atoms with E-state index in [0.717, 1.165) is 29.7 Å². The minimum Gasteiger partial charge on any atom is -0.462 e. The summed E-state index contributed by atoms with van der Waals surface area (Å²) in [6.45, 7) is 1.69. The number of halogens is 5. The van der Waals surface area contributed by atoms with Crippen LogP contribution < -0.4 is 5.32 Å². The Morgan fingerprint density at radius 2 is 1.97 bits per heavy atom. The first-order valence-electron chi connectivity index (χ1n) is 11.2. The number of ether oxygens (including phenoxy) is 1. The molecule has 0 saturated heterocycles. The van der Waals surface area contributed by atoms with Crippen LogP contribution in [-0.2, 0) is 24.1 Å². The third-order valence-electron chi connectivity index (χ3n) is 5.60. The Hall–Kier alpha value is -2.86. The number of carbonyl (C=O) groups is 2. The molecule has 0 saturated carbocycles. The van der Waals surface area contributed by atoms with Gasteiger partial charge in [-0.05, 0) is 49.8 Å². The molecule has 3 aromatic heterocycles. The van der Waals surface area contributed by atoms with E-state index >= 15 is 0 Å². The summed E-state index contributed by atoms with van der Waals surface area (Å²) >= 11 is 6.98. The van der Waals surface area contributed by atoms with Gasteiger partial charge in [0.15, 0.2) is 5.76 Å². The highest BCUT2D eigenvalue weighted by Gasteiger charge is 2.30. The Morgan fingerprint density at radius 3 is 2.67 bits per heavy atom. The van der Waals surface area contributed by atoms with E-state index in [4.69, 9.17) is 20.8 Å². The van der Waals surface area contributed by atoms with Gasteiger partial charge < -0.3 is 14.5 Å². The van der Waals surface area contributed by atoms with Crippen LogP contribution in [0.4, 0.5) is 22.6 Å². The first-order valence-corrected chi connectivity index (χ1v) is 12.4. The molecule has 4 rings (SSSR count). The van der Waals surface area contributed by atoms with Crippen molar-refractivity contribution in [2.24, 2.45) is 0 Å². The van der Waals surface area contributed by atoms with Crippen molar-refractivity contribution in [1.82, 2.24) is 9.78 Å². The number of thiophene rings is 1. The van der Waals surface area contributed by atoms with Crippen molar-refractivity contribution < 1.29 is 36.3 Å². The van der Waals surface area contributed by atoms with Crippen molar-refractivity contribution >= 4 is 39.8 Å². The normalized spacial score (nSPS) is 13.3. The molecule has 13 heteroatoms. The lowest BCUT2D eigenvalue weighted by atomic mass is 9.95. The van der Waals surface area contributed by atoms with Crippen molar-refractivity contribution in [1.29, 1.82) is 0 Å². The van der Waals surface area contributed by atoms with Gasteiger partial charge in [-0.15, -0.1) is 11.3 Å². The molecule has 0 atom stereocenters. The molecular formula is C23H22ClF4N3O4S. The maximum Gasteiger partial charge on any atom is 0.341 e. The molecule has 0 bridgehead atoms. The summed E-state index contributed by atoms with van der Waals surface area (Å²) in [7, 11) is 0. The molecule has 0 fully saturated rings. The number of rotatable bonds is 9. The lowest BCUT2D eigenvalue weighted by Crippen LogP contribution is -2.15. The van der Waals surface area contributed by atoms with Crippen molar-refractivity contribution in [2.75, 3.05) is 11.9 Å². The molecule has 1 aliphatic carbocycles. The molecule has 1 N–H and O–H groups in total. The number of nitrogens with one attached hydrogen (secondary N) is 1. The third-order valence-corrected chi connectivity index (χ3v) is 7.19. The monoisotopic (exact) mass is 547 g/mol. The van der Waals surface area contributed by atoms with Gasteiger partial charge in [0.2, 0.25) is 0 Å². The van der Waals surface area contributed by atoms with Gasteiger partial charge in [-0.1, -0.05) is 18.5 Å². The van der Waals surface area contributed by atoms with E-state index < -0.39 is 47.7 Å². The zero-order valence-electron chi connectivity index (χ0n) is 19.1. The molecule has 3 aromatic rings. The second-order valence-corrected chi connectivity index (χ2v) is 9.60. The summed E-state index contributed by atoms with van der Waals surface area (Å²) in [5.74, 6) is -1.30. The van der Waals surface area contributed by atoms with Gasteiger partial charge in [0.25, 0.3) is 18.8 Å². The lowest BCUT2D eigenvalue weighted by Gasteiger charge is -2.12. The first-order chi connectivity index (χ1) is 17.2. The molecule has 3 heterocycles. The van der Waals surface area contributed by atoms with Crippen LogP contribution in [0.25, 0.3) is 0 Å². The predicted molar refractivity (Wildman–Crippen MR) is 124 cm³/mol. The topological polar surface area (TPSA) is 86.4 Å². The van der Waals surface area contributed by atoms with Crippen LogP contribution in [0.15, 0.2) is 16.5 Å². The number of carbonyl (C=O) groups excluding carboxylic acids is 2. The number of alkyl halides is 4. The minimum atomic E-state index is -3.15. The first kappa shape index (κ1) is 26.2. The fraction of sp³-hybridized carbons (Fsp3) is 0.435. The molecule has 0 aromatic carbocycles. The highest BCUT2D eigenvalue weighted by atomic mass is 35.5. The van der Waals surface area contributed by atoms with Gasteiger partial charge in [-0.25, -0.2) is 22.4 Å². The Balaban J connectivity index is 1.55. The Bertz CT molecular complexity index is 1270. The summed E-state index contributed by atoms with van der Waals surface area (Å²) in [4.78, 5) is 26.6. The van der Waals surface area contributed by atoms with Crippen molar-refractivity contribution in [2.45, 2.75) is 58.4 Å². The Morgan fingerprint density at radius 1 is 1.22 bits per heavy atom. The van der Waals surface area contributed by atoms with Crippen molar-refractivity contribution in [3.05, 3.63) is 56.1 Å². The zero-order chi connectivity index (χ0) is 26.0. The van der Waals surface area contributed by atoms with Crippen LogP contribution in [0.3, 0.4) is 0 Å². The van der Waals surface area contributed by atoms with Crippen LogP contribution in [0.1, 0.15) is 87.5 Å². The quantitative estimate of drug-likeness (QED) is 0.235. The van der Waals surface area contributed by atoms with E-state index in [1.54, 1.807) is 0 Å². The fourth-order valence-electron chi connectivity index (χ4n) is 3.97. The largest absolute Gasteiger partial charge is 0.462 e. The van der Waals surface area contributed by atoms with E-state index in [0.29, 0.717) is 28.1 Å². The van der Waals surface area contributed by atoms with E-state index in [1.165, 1.54) is 23.5 Å². The number of furan rings is 1. The number of fused-ring (bicyclic) bond motifs is 1. The van der Waals surface area contributed by atoms with Gasteiger partial charge in [0.1, 0.15) is 22.1 Å². The smallest absolute Gasteiger partial charge is 0.341 e. The fourth-order valence-corrected chi connectivity index (χ4v) is 5.55. The predicted octanol–water partition coefficient (Wildman–Crippen LogP) is 6.81. The lowest BCUT2D eigenvalue weighted by molar-refractivity contribution is 0.0505. The molecule has 194 valence electrons. The van der Waals surface area contributed by atoms with E-state index in [1.807, 2.05) is 6.92 Å². The molecule has 0 spiro atoms. The number of hydrogen-bond acceptors (Lipinski definition) is 6. The Kier molecular flexibility index (Phi) is 8.04. The average Bonchev–Trinajstić information content (AvgIpc) is 3.53. The number of hydrogen-bond donors (Lipinski definition) is 1. The SMILES string of the molecule is CCCOC(=O)c1c(NC(=O)c2ccc(Cn3nc(C(F)F)c(Cl)c3C(F)F)o2)sc2c1CCCC2. The summed E-state index contributed by atoms with van der Waals surface area (Å²) in [6, 6.07) is 2.66. The highest BCUT2D eigenvalue weighted by molar-refractivity contribution is 7.17. The van der Waals surface area contributed by atoms with Gasteiger partial charge in [-0.3, -0.25) is 9.48 Å². The van der Waals surface area contributed by atoms with Crippen molar-refractivity contribution in [3.8, 4) is 0 Å². The van der Waals surface area contributed by atoms with Crippen LogP contribution in [0.5, 0.6) is 0 Å². The third kappa shape index (κ3) is 5.29. The van der Waals surface area contributed by atoms with Gasteiger partial charge in [-0.2, -0.15) is 5.10 Å². The summed E-state index contributed by atoms with van der Waals surface area (Å²) in [6.07, 6.45) is -2.20. The standard InChI is InChI=1S/C23H22ClF4N3O4S/c1-2-9-34-23(33)15-12-5-3-4-6-14(12)36-22(15)29-21(32)13-8-7-11(35-13)10-31-18(20(27)28)16(24)17(30-31)19(25)26/h7-8,19-20H,2-6,9-10H2,1H3,(H,29,32). The number of esters is 1. The van der Waals surface area contributed by atoms with E-state index in [2.05, 4.69) is 10.4 Å². The molecule has 36 heavy (non-hydrogen) atoms. The van der Waals surface area contributed by atoms with Crippen LogP contribution in [0, 0.1) is 0 Å². The number of nitrogens with zero attached hydrogens (tertiary/aromatic N) is 2. The van der Waals surface area contributed by atoms with E-state index in [9.17, 15) is 27.2 Å². The maximum atomic E-state index is 13.4. The second-order valence-electron chi connectivity index (χ2n) is 8.11. The van der Waals surface area contributed by atoms with Crippen LogP contribution >= 0.6 is 22.9 Å². The maximum absolute atomic E-state index is 13.4. The van der Waals surface area contributed by atoms with Crippen LogP contribution in [0.2, 0.25) is 5.02 Å². The minimum absolute atomic E-state index is 0.0232. The van der Waals surface area contributed by atoms with Gasteiger partial charge >= 0.3 is 5.97 Å². The summed E-state index contributed by atoms with van der Waals surface area (Å²) in [5.41, 5.74) is -0.599. The van der Waals surface area contributed by atoms with Crippen LogP contribution in [-0.4, -0.2) is 28.3 Å². The number of aryl methyl sites for hydroxylation is 1. The summed E-state index contributed by atoms with van der Waals surface area (Å²) in [5, 5.41) is 5.73. The molecule has 7 nitrogen and oxygen atoms in total. The van der Waals surface area contributed by atoms with Gasteiger partial charge in [0, 0.05) is 4.88 Å². The van der Waals surface area contributed by atoms with E-state index in [-0.39, 0.29) is 18.1 Å². The number of aromatic nitrogens is 2. The second kappa shape index (κ2) is 11.0. The molecule has 1 amide bonds. The average molecular weight is 548 g/mol. The molecule has 0 unspecified atom stereocenters. The number of amides is 1. The highest BCUT2D eigenvalue weighted by Crippen LogP contribution is 2.39. The Labute approximate surface area is 212 Å². The number of anilines is 1. The zero-order valence-corrected chi connectivity index (χ0v) is 20.7. The molecule has 1 aliphatic rings. The summed E-state index contributed by atoms with van der Waals surface area (Å²) < 4.78 is 64.4. The van der Waals surface area contributed by atoms with Gasteiger partial charge in [0.05, 0.1) is 23.7 Å². The van der Waals surface area contributed by atoms with Crippen molar-refractivity contribution in [3.63, 3.8) is 0 Å². The molecule has 0 radical (unpaired) electrons. The molecule has 0 aliphatic heterocycles.